The molecule has 0 bridgehead atoms. The maximum atomic E-state index is 12.4. The molecule has 0 aliphatic carbocycles. The highest BCUT2D eigenvalue weighted by Gasteiger charge is 2.31. The van der Waals surface area contributed by atoms with E-state index in [0.29, 0.717) is 13.1 Å². The van der Waals surface area contributed by atoms with Crippen LogP contribution in [0.1, 0.15) is 35.6 Å². The number of hydrogen-bond acceptors (Lipinski definition) is 5. The SMILES string of the molecule is Cc1noc(C)c1CN1CCC[C@@H]1C(=O)NCc1ccco1. The lowest BCUT2D eigenvalue weighted by Crippen LogP contribution is -2.42. The lowest BCUT2D eigenvalue weighted by atomic mass is 10.1. The Morgan fingerprint density at radius 2 is 2.36 bits per heavy atom. The topological polar surface area (TPSA) is 71.5 Å². The Morgan fingerprint density at radius 3 is 3.05 bits per heavy atom. The fourth-order valence-corrected chi connectivity index (χ4v) is 2.95. The van der Waals surface area contributed by atoms with Crippen molar-refractivity contribution in [1.29, 1.82) is 0 Å². The van der Waals surface area contributed by atoms with Crippen LogP contribution in [0.3, 0.4) is 0 Å². The molecule has 3 heterocycles. The van der Waals surface area contributed by atoms with Crippen molar-refractivity contribution in [1.82, 2.24) is 15.4 Å². The third-order valence-electron chi connectivity index (χ3n) is 4.23. The van der Waals surface area contributed by atoms with E-state index in [1.807, 2.05) is 26.0 Å². The first-order valence-corrected chi connectivity index (χ1v) is 7.61. The van der Waals surface area contributed by atoms with Gasteiger partial charge in [-0.15, -0.1) is 0 Å². The van der Waals surface area contributed by atoms with Crippen LogP contribution < -0.4 is 5.32 Å². The molecule has 0 aromatic carbocycles. The molecule has 1 aliphatic rings. The number of carbonyl (C=O) groups excluding carboxylic acids is 1. The van der Waals surface area contributed by atoms with E-state index >= 15 is 0 Å². The molecule has 0 saturated carbocycles. The second-order valence-electron chi connectivity index (χ2n) is 5.73. The van der Waals surface area contributed by atoms with Crippen LogP contribution in [0.4, 0.5) is 0 Å². The summed E-state index contributed by atoms with van der Waals surface area (Å²) in [5.74, 6) is 1.66. The second-order valence-corrected chi connectivity index (χ2v) is 5.73. The van der Waals surface area contributed by atoms with Gasteiger partial charge in [-0.25, -0.2) is 0 Å². The average molecular weight is 303 g/mol. The van der Waals surface area contributed by atoms with Crippen molar-refractivity contribution in [3.05, 3.63) is 41.2 Å². The van der Waals surface area contributed by atoms with Gasteiger partial charge < -0.3 is 14.3 Å². The van der Waals surface area contributed by atoms with E-state index in [2.05, 4.69) is 15.4 Å². The van der Waals surface area contributed by atoms with Crippen LogP contribution in [0, 0.1) is 13.8 Å². The summed E-state index contributed by atoms with van der Waals surface area (Å²) in [4.78, 5) is 14.6. The van der Waals surface area contributed by atoms with E-state index in [1.54, 1.807) is 6.26 Å². The van der Waals surface area contributed by atoms with Gasteiger partial charge in [-0.3, -0.25) is 9.69 Å². The number of rotatable bonds is 5. The summed E-state index contributed by atoms with van der Waals surface area (Å²) in [6.07, 6.45) is 3.52. The number of nitrogens with zero attached hydrogens (tertiary/aromatic N) is 2. The molecule has 1 saturated heterocycles. The molecular weight excluding hydrogens is 282 g/mol. The van der Waals surface area contributed by atoms with E-state index < -0.39 is 0 Å². The third-order valence-corrected chi connectivity index (χ3v) is 4.23. The van der Waals surface area contributed by atoms with Crippen molar-refractivity contribution < 1.29 is 13.7 Å². The predicted molar refractivity (Wildman–Crippen MR) is 80.0 cm³/mol. The number of aromatic nitrogens is 1. The summed E-state index contributed by atoms with van der Waals surface area (Å²) in [7, 11) is 0. The Hall–Kier alpha value is -2.08. The number of amides is 1. The Bertz CT molecular complexity index is 614. The second kappa shape index (κ2) is 6.36. The summed E-state index contributed by atoms with van der Waals surface area (Å²) in [5, 5.41) is 6.94. The Balaban J connectivity index is 1.61. The van der Waals surface area contributed by atoms with Crippen molar-refractivity contribution in [2.24, 2.45) is 0 Å². The smallest absolute Gasteiger partial charge is 0.237 e. The van der Waals surface area contributed by atoms with Gasteiger partial charge in [0.05, 0.1) is 24.5 Å². The molecule has 0 spiro atoms. The first-order chi connectivity index (χ1) is 10.6. The van der Waals surface area contributed by atoms with E-state index in [9.17, 15) is 4.79 Å². The van der Waals surface area contributed by atoms with Crippen molar-refractivity contribution >= 4 is 5.91 Å². The van der Waals surface area contributed by atoms with Crippen LogP contribution in [0.25, 0.3) is 0 Å². The minimum absolute atomic E-state index is 0.0562. The molecule has 6 nitrogen and oxygen atoms in total. The van der Waals surface area contributed by atoms with Crippen LogP contribution in [0.15, 0.2) is 27.3 Å². The standard InChI is InChI=1S/C16H21N3O3/c1-11-14(12(2)22-18-11)10-19-7-3-6-15(19)16(20)17-9-13-5-4-8-21-13/h4-5,8,15H,3,6-7,9-10H2,1-2H3,(H,17,20)/t15-/m1/s1. The number of nitrogens with one attached hydrogen (secondary N) is 1. The molecule has 1 amide bonds. The fraction of sp³-hybridized carbons (Fsp3) is 0.500. The van der Waals surface area contributed by atoms with Gasteiger partial charge in [0.1, 0.15) is 11.5 Å². The van der Waals surface area contributed by atoms with Gasteiger partial charge in [-0.2, -0.15) is 0 Å². The monoisotopic (exact) mass is 303 g/mol. The molecule has 1 fully saturated rings. The normalized spacial score (nSPS) is 18.7. The predicted octanol–water partition coefficient (Wildman–Crippen LogP) is 2.17. The van der Waals surface area contributed by atoms with Crippen LogP contribution in [-0.2, 0) is 17.9 Å². The number of likely N-dealkylation sites (tertiary alicyclic amines) is 1. The summed E-state index contributed by atoms with van der Waals surface area (Å²) in [6.45, 7) is 5.91. The van der Waals surface area contributed by atoms with Gasteiger partial charge in [0, 0.05) is 12.1 Å². The van der Waals surface area contributed by atoms with Crippen LogP contribution in [0.2, 0.25) is 0 Å². The molecule has 1 N–H and O–H groups in total. The first kappa shape index (κ1) is 14.8. The van der Waals surface area contributed by atoms with Crippen molar-refractivity contribution in [2.45, 2.75) is 45.8 Å². The summed E-state index contributed by atoms with van der Waals surface area (Å²) < 4.78 is 10.4. The van der Waals surface area contributed by atoms with Crippen LogP contribution in [0.5, 0.6) is 0 Å². The van der Waals surface area contributed by atoms with E-state index in [1.165, 1.54) is 0 Å². The molecule has 22 heavy (non-hydrogen) atoms. The zero-order valence-electron chi connectivity index (χ0n) is 13.0. The van der Waals surface area contributed by atoms with Crippen LogP contribution in [-0.4, -0.2) is 28.6 Å². The number of hydrogen-bond donors (Lipinski definition) is 1. The number of aryl methyl sites for hydroxylation is 2. The highest BCUT2D eigenvalue weighted by Crippen LogP contribution is 2.23. The average Bonchev–Trinajstić information content (AvgIpc) is 3.23. The van der Waals surface area contributed by atoms with Gasteiger partial charge in [0.2, 0.25) is 5.91 Å². The van der Waals surface area contributed by atoms with Gasteiger partial charge in [0.25, 0.3) is 0 Å². The van der Waals surface area contributed by atoms with Gasteiger partial charge in [0.15, 0.2) is 0 Å². The minimum Gasteiger partial charge on any atom is -0.467 e. The maximum absolute atomic E-state index is 12.4. The molecule has 118 valence electrons. The highest BCUT2D eigenvalue weighted by atomic mass is 16.5. The molecular formula is C16H21N3O3. The van der Waals surface area contributed by atoms with Gasteiger partial charge in [-0.1, -0.05) is 5.16 Å². The Labute approximate surface area is 129 Å². The Morgan fingerprint density at radius 1 is 1.50 bits per heavy atom. The molecule has 0 unspecified atom stereocenters. The zero-order valence-corrected chi connectivity index (χ0v) is 13.0. The van der Waals surface area contributed by atoms with E-state index in [-0.39, 0.29) is 11.9 Å². The quantitative estimate of drug-likeness (QED) is 0.916. The first-order valence-electron chi connectivity index (χ1n) is 7.61. The molecule has 2 aromatic heterocycles. The minimum atomic E-state index is -0.0938. The van der Waals surface area contributed by atoms with Crippen molar-refractivity contribution in [3.8, 4) is 0 Å². The largest absolute Gasteiger partial charge is 0.467 e. The molecule has 2 aromatic rings. The lowest BCUT2D eigenvalue weighted by molar-refractivity contribution is -0.125. The Kier molecular flexibility index (Phi) is 4.29. The summed E-state index contributed by atoms with van der Waals surface area (Å²) in [6, 6.07) is 3.58. The van der Waals surface area contributed by atoms with E-state index in [0.717, 1.165) is 42.2 Å². The maximum Gasteiger partial charge on any atom is 0.237 e. The lowest BCUT2D eigenvalue weighted by Gasteiger charge is -2.23. The molecule has 6 heteroatoms. The van der Waals surface area contributed by atoms with Crippen molar-refractivity contribution in [3.63, 3.8) is 0 Å². The summed E-state index contributed by atoms with van der Waals surface area (Å²) in [5.41, 5.74) is 1.99. The molecule has 1 aliphatic heterocycles. The van der Waals surface area contributed by atoms with Gasteiger partial charge >= 0.3 is 0 Å². The summed E-state index contributed by atoms with van der Waals surface area (Å²) >= 11 is 0. The van der Waals surface area contributed by atoms with Crippen LogP contribution >= 0.6 is 0 Å². The third kappa shape index (κ3) is 3.06. The molecule has 3 rings (SSSR count). The highest BCUT2D eigenvalue weighted by molar-refractivity contribution is 5.81. The zero-order chi connectivity index (χ0) is 15.5. The number of furan rings is 1. The van der Waals surface area contributed by atoms with E-state index in [4.69, 9.17) is 8.94 Å². The molecule has 0 radical (unpaired) electrons. The van der Waals surface area contributed by atoms with Gasteiger partial charge in [-0.05, 0) is 45.4 Å². The number of carbonyl (C=O) groups is 1. The molecule has 1 atom stereocenters. The fourth-order valence-electron chi connectivity index (χ4n) is 2.95. The van der Waals surface area contributed by atoms with Crippen molar-refractivity contribution in [2.75, 3.05) is 6.54 Å².